The Morgan fingerprint density at radius 2 is 2.25 bits per heavy atom. The van der Waals surface area contributed by atoms with Crippen molar-refractivity contribution in [1.82, 2.24) is 0 Å². The summed E-state index contributed by atoms with van der Waals surface area (Å²) >= 11 is 0. The molecule has 1 aliphatic rings. The van der Waals surface area contributed by atoms with E-state index in [9.17, 15) is 4.79 Å². The van der Waals surface area contributed by atoms with Crippen LogP contribution in [-0.4, -0.2) is 23.6 Å². The van der Waals surface area contributed by atoms with E-state index < -0.39 is 0 Å². The van der Waals surface area contributed by atoms with Gasteiger partial charge in [-0.3, -0.25) is 4.79 Å². The van der Waals surface area contributed by atoms with Gasteiger partial charge in [-0.2, -0.15) is 0 Å². The van der Waals surface area contributed by atoms with E-state index in [0.29, 0.717) is 6.54 Å². The molecule has 16 heavy (non-hydrogen) atoms. The zero-order valence-corrected chi connectivity index (χ0v) is 9.53. The van der Waals surface area contributed by atoms with Crippen LogP contribution in [0.3, 0.4) is 0 Å². The van der Waals surface area contributed by atoms with Crippen molar-refractivity contribution in [2.75, 3.05) is 16.8 Å². The number of likely N-dealkylation sites (N-methyl/N-ethyl adjacent to an activating group) is 1. The third kappa shape index (κ3) is 1.65. The summed E-state index contributed by atoms with van der Waals surface area (Å²) in [5, 5.41) is 12.2. The van der Waals surface area contributed by atoms with Crippen LogP contribution in [0.25, 0.3) is 0 Å². The number of amides is 1. The van der Waals surface area contributed by atoms with Crippen LogP contribution < -0.4 is 10.2 Å². The highest BCUT2D eigenvalue weighted by Crippen LogP contribution is 2.32. The van der Waals surface area contributed by atoms with Crippen LogP contribution >= 0.6 is 0 Å². The Balaban J connectivity index is 2.48. The molecule has 0 aliphatic carbocycles. The van der Waals surface area contributed by atoms with E-state index >= 15 is 0 Å². The lowest BCUT2D eigenvalue weighted by atomic mass is 10.1. The van der Waals surface area contributed by atoms with Gasteiger partial charge < -0.3 is 15.3 Å². The standard InChI is InChI=1S/C12H16N2O2/c1-3-14-11-6-9(7-15)4-5-10(11)13-8(2)12(14)16/h4-6,8,13,15H,3,7H2,1-2H3. The second-order valence-corrected chi connectivity index (χ2v) is 3.96. The van der Waals surface area contributed by atoms with E-state index in [0.717, 1.165) is 16.9 Å². The Bertz CT molecular complexity index is 417. The van der Waals surface area contributed by atoms with E-state index in [1.807, 2.05) is 32.0 Å². The molecular formula is C12H16N2O2. The molecule has 0 aromatic heterocycles. The Hall–Kier alpha value is -1.55. The van der Waals surface area contributed by atoms with E-state index in [1.165, 1.54) is 0 Å². The molecule has 4 heteroatoms. The topological polar surface area (TPSA) is 52.6 Å². The number of aliphatic hydroxyl groups excluding tert-OH is 1. The quantitative estimate of drug-likeness (QED) is 0.791. The third-order valence-corrected chi connectivity index (χ3v) is 2.86. The van der Waals surface area contributed by atoms with Crippen LogP contribution in [0.2, 0.25) is 0 Å². The Morgan fingerprint density at radius 1 is 1.50 bits per heavy atom. The predicted octanol–water partition coefficient (Wildman–Crippen LogP) is 1.35. The van der Waals surface area contributed by atoms with E-state index in [2.05, 4.69) is 5.32 Å². The molecule has 4 nitrogen and oxygen atoms in total. The molecule has 1 atom stereocenters. The Kier molecular flexibility index (Phi) is 2.83. The molecule has 86 valence electrons. The molecule has 1 amide bonds. The molecule has 1 aromatic rings. The van der Waals surface area contributed by atoms with Gasteiger partial charge in [0.1, 0.15) is 6.04 Å². The van der Waals surface area contributed by atoms with Gasteiger partial charge in [-0.15, -0.1) is 0 Å². The molecule has 2 rings (SSSR count). The fourth-order valence-electron chi connectivity index (χ4n) is 1.99. The predicted molar refractivity (Wildman–Crippen MR) is 63.5 cm³/mol. The van der Waals surface area contributed by atoms with Crippen molar-refractivity contribution in [1.29, 1.82) is 0 Å². The summed E-state index contributed by atoms with van der Waals surface area (Å²) in [5.41, 5.74) is 2.63. The third-order valence-electron chi connectivity index (χ3n) is 2.86. The minimum absolute atomic E-state index is 0.00538. The van der Waals surface area contributed by atoms with Crippen molar-refractivity contribution in [2.45, 2.75) is 26.5 Å². The summed E-state index contributed by atoms with van der Waals surface area (Å²) in [6, 6.07) is 5.44. The molecule has 1 aliphatic heterocycles. The van der Waals surface area contributed by atoms with Gasteiger partial charge in [0, 0.05) is 6.54 Å². The van der Waals surface area contributed by atoms with Crippen LogP contribution in [0.4, 0.5) is 11.4 Å². The van der Waals surface area contributed by atoms with Crippen molar-refractivity contribution < 1.29 is 9.90 Å². The fourth-order valence-corrected chi connectivity index (χ4v) is 1.99. The average molecular weight is 220 g/mol. The van der Waals surface area contributed by atoms with E-state index in [-0.39, 0.29) is 18.6 Å². The Labute approximate surface area is 94.9 Å². The fraction of sp³-hybridized carbons (Fsp3) is 0.417. The number of anilines is 2. The smallest absolute Gasteiger partial charge is 0.249 e. The highest BCUT2D eigenvalue weighted by atomic mass is 16.3. The molecule has 1 unspecified atom stereocenters. The van der Waals surface area contributed by atoms with E-state index in [4.69, 9.17) is 5.11 Å². The molecule has 0 fully saturated rings. The second kappa shape index (κ2) is 4.14. The van der Waals surface area contributed by atoms with Crippen molar-refractivity contribution in [2.24, 2.45) is 0 Å². The summed E-state index contributed by atoms with van der Waals surface area (Å²) in [7, 11) is 0. The summed E-state index contributed by atoms with van der Waals surface area (Å²) in [6.07, 6.45) is 0. The maximum absolute atomic E-state index is 11.9. The highest BCUT2D eigenvalue weighted by Gasteiger charge is 2.28. The lowest BCUT2D eigenvalue weighted by molar-refractivity contribution is -0.119. The maximum Gasteiger partial charge on any atom is 0.249 e. The number of carbonyl (C=O) groups excluding carboxylic acids is 1. The molecule has 0 saturated heterocycles. The van der Waals surface area contributed by atoms with Gasteiger partial charge in [0.05, 0.1) is 18.0 Å². The largest absolute Gasteiger partial charge is 0.392 e. The normalized spacial score (nSPS) is 19.3. The van der Waals surface area contributed by atoms with Gasteiger partial charge in [0.15, 0.2) is 0 Å². The number of fused-ring (bicyclic) bond motifs is 1. The number of carbonyl (C=O) groups is 1. The number of nitrogens with zero attached hydrogens (tertiary/aromatic N) is 1. The average Bonchev–Trinajstić information content (AvgIpc) is 2.30. The van der Waals surface area contributed by atoms with Crippen LogP contribution in [0.15, 0.2) is 18.2 Å². The summed E-state index contributed by atoms with van der Waals surface area (Å²) in [4.78, 5) is 13.7. The zero-order chi connectivity index (χ0) is 11.7. The number of nitrogens with one attached hydrogen (secondary N) is 1. The summed E-state index contributed by atoms with van der Waals surface area (Å²) in [5.74, 6) is 0.0742. The number of rotatable bonds is 2. The maximum atomic E-state index is 11.9. The minimum Gasteiger partial charge on any atom is -0.392 e. The lowest BCUT2D eigenvalue weighted by Crippen LogP contribution is -2.45. The molecule has 0 spiro atoms. The molecule has 0 radical (unpaired) electrons. The van der Waals surface area contributed by atoms with Crippen molar-refractivity contribution in [3.63, 3.8) is 0 Å². The van der Waals surface area contributed by atoms with Gasteiger partial charge in [0.25, 0.3) is 0 Å². The van der Waals surface area contributed by atoms with Crippen molar-refractivity contribution in [3.8, 4) is 0 Å². The molecule has 1 heterocycles. The first-order valence-corrected chi connectivity index (χ1v) is 5.49. The van der Waals surface area contributed by atoms with Crippen molar-refractivity contribution >= 4 is 17.3 Å². The summed E-state index contributed by atoms with van der Waals surface area (Å²) in [6.45, 7) is 4.44. The van der Waals surface area contributed by atoms with Gasteiger partial charge in [-0.05, 0) is 31.5 Å². The monoisotopic (exact) mass is 220 g/mol. The van der Waals surface area contributed by atoms with Crippen LogP contribution in [0, 0.1) is 0 Å². The Morgan fingerprint density at radius 3 is 2.88 bits per heavy atom. The first-order chi connectivity index (χ1) is 7.67. The number of hydrogen-bond donors (Lipinski definition) is 2. The highest BCUT2D eigenvalue weighted by molar-refractivity contribution is 6.04. The van der Waals surface area contributed by atoms with Crippen molar-refractivity contribution in [3.05, 3.63) is 23.8 Å². The molecule has 1 aromatic carbocycles. The lowest BCUT2D eigenvalue weighted by Gasteiger charge is -2.33. The molecule has 0 saturated carbocycles. The van der Waals surface area contributed by atoms with Crippen LogP contribution in [0.1, 0.15) is 19.4 Å². The molecular weight excluding hydrogens is 204 g/mol. The minimum atomic E-state index is -0.188. The summed E-state index contributed by atoms with van der Waals surface area (Å²) < 4.78 is 0. The zero-order valence-electron chi connectivity index (χ0n) is 9.53. The number of aliphatic hydroxyl groups is 1. The van der Waals surface area contributed by atoms with Gasteiger partial charge in [-0.1, -0.05) is 6.07 Å². The van der Waals surface area contributed by atoms with Gasteiger partial charge in [-0.25, -0.2) is 0 Å². The van der Waals surface area contributed by atoms with Crippen LogP contribution in [-0.2, 0) is 11.4 Å². The molecule has 2 N–H and O–H groups in total. The second-order valence-electron chi connectivity index (χ2n) is 3.96. The number of hydrogen-bond acceptors (Lipinski definition) is 3. The number of benzene rings is 1. The van der Waals surface area contributed by atoms with Crippen LogP contribution in [0.5, 0.6) is 0 Å². The first kappa shape index (κ1) is 11.0. The van der Waals surface area contributed by atoms with Gasteiger partial charge >= 0.3 is 0 Å². The molecule has 0 bridgehead atoms. The SMILES string of the molecule is CCN1C(=O)C(C)Nc2ccc(CO)cc21. The van der Waals surface area contributed by atoms with Gasteiger partial charge in [0.2, 0.25) is 5.91 Å². The van der Waals surface area contributed by atoms with E-state index in [1.54, 1.807) is 4.90 Å². The first-order valence-electron chi connectivity index (χ1n) is 5.49.